The summed E-state index contributed by atoms with van der Waals surface area (Å²) in [6.07, 6.45) is 6.21. The summed E-state index contributed by atoms with van der Waals surface area (Å²) in [6.45, 7) is 2.75. The van der Waals surface area contributed by atoms with Crippen molar-refractivity contribution in [2.24, 2.45) is 0 Å². The molecule has 2 saturated carbocycles. The Morgan fingerprint density at radius 3 is 2.56 bits per heavy atom. The fraction of sp³-hybridized carbons (Fsp3) is 0.276. The Hall–Kier alpha value is -3.73. The first-order valence-corrected chi connectivity index (χ1v) is 12.1. The SMILES string of the molecule is Cc1cc2ncnc(NC3CC3)c2cc1-c1cccc(CN(C(=O)c2ccccc2)C2CC2)c1. The van der Waals surface area contributed by atoms with Gasteiger partial charge in [0.25, 0.3) is 5.91 Å². The molecule has 1 N–H and O–H groups in total. The summed E-state index contributed by atoms with van der Waals surface area (Å²) in [5.41, 5.74) is 6.38. The van der Waals surface area contributed by atoms with Gasteiger partial charge in [0.15, 0.2) is 0 Å². The normalized spacial score (nSPS) is 15.3. The van der Waals surface area contributed by atoms with Gasteiger partial charge in [-0.05, 0) is 85.2 Å². The zero-order chi connectivity index (χ0) is 23.1. The molecule has 6 rings (SSSR count). The van der Waals surface area contributed by atoms with Gasteiger partial charge in [0.1, 0.15) is 12.1 Å². The summed E-state index contributed by atoms with van der Waals surface area (Å²) in [5, 5.41) is 4.60. The molecule has 0 atom stereocenters. The van der Waals surface area contributed by atoms with Gasteiger partial charge in [0, 0.05) is 29.6 Å². The highest BCUT2D eigenvalue weighted by atomic mass is 16.2. The Labute approximate surface area is 199 Å². The number of fused-ring (bicyclic) bond motifs is 1. The second kappa shape index (κ2) is 8.56. The molecular weight excluding hydrogens is 420 g/mol. The maximum absolute atomic E-state index is 13.2. The van der Waals surface area contributed by atoms with E-state index in [1.165, 1.54) is 24.0 Å². The summed E-state index contributed by atoms with van der Waals surface area (Å²) >= 11 is 0. The highest BCUT2D eigenvalue weighted by Gasteiger charge is 2.33. The minimum absolute atomic E-state index is 0.114. The van der Waals surface area contributed by atoms with E-state index < -0.39 is 0 Å². The number of benzene rings is 3. The number of nitrogens with zero attached hydrogens (tertiary/aromatic N) is 3. The third kappa shape index (κ3) is 4.26. The molecule has 0 radical (unpaired) electrons. The number of rotatable bonds is 7. The van der Waals surface area contributed by atoms with Crippen LogP contribution in [-0.4, -0.2) is 32.9 Å². The van der Waals surface area contributed by atoms with Crippen LogP contribution >= 0.6 is 0 Å². The minimum Gasteiger partial charge on any atom is -0.367 e. The Kier molecular flexibility index (Phi) is 5.25. The fourth-order valence-corrected chi connectivity index (χ4v) is 4.59. The molecule has 170 valence electrons. The molecule has 5 nitrogen and oxygen atoms in total. The van der Waals surface area contributed by atoms with Crippen molar-refractivity contribution >= 4 is 22.6 Å². The number of hydrogen-bond acceptors (Lipinski definition) is 4. The van der Waals surface area contributed by atoms with Crippen LogP contribution in [0.1, 0.15) is 47.2 Å². The van der Waals surface area contributed by atoms with Gasteiger partial charge < -0.3 is 10.2 Å². The van der Waals surface area contributed by atoms with Gasteiger partial charge in [0.05, 0.1) is 5.52 Å². The lowest BCUT2D eigenvalue weighted by atomic mass is 9.96. The molecule has 0 saturated heterocycles. The van der Waals surface area contributed by atoms with Crippen molar-refractivity contribution in [2.45, 2.75) is 51.2 Å². The molecular formula is C29H28N4O. The molecule has 0 aliphatic heterocycles. The van der Waals surface area contributed by atoms with Crippen LogP contribution in [0.5, 0.6) is 0 Å². The first kappa shape index (κ1) is 20.8. The highest BCUT2D eigenvalue weighted by molar-refractivity contribution is 5.95. The number of amides is 1. The van der Waals surface area contributed by atoms with E-state index >= 15 is 0 Å². The van der Waals surface area contributed by atoms with Gasteiger partial charge in [-0.3, -0.25) is 4.79 Å². The van der Waals surface area contributed by atoms with Crippen LogP contribution in [0.25, 0.3) is 22.0 Å². The minimum atomic E-state index is 0.114. The molecule has 4 aromatic rings. The third-order valence-electron chi connectivity index (χ3n) is 6.76. The molecule has 34 heavy (non-hydrogen) atoms. The predicted molar refractivity (Wildman–Crippen MR) is 136 cm³/mol. The van der Waals surface area contributed by atoms with Gasteiger partial charge in [0.2, 0.25) is 0 Å². The van der Waals surface area contributed by atoms with E-state index in [9.17, 15) is 4.79 Å². The van der Waals surface area contributed by atoms with Crippen molar-refractivity contribution in [2.75, 3.05) is 5.32 Å². The quantitative estimate of drug-likeness (QED) is 0.378. The number of hydrogen-bond donors (Lipinski definition) is 1. The van der Waals surface area contributed by atoms with Crippen LogP contribution in [0, 0.1) is 6.92 Å². The average molecular weight is 449 g/mol. The fourth-order valence-electron chi connectivity index (χ4n) is 4.59. The van der Waals surface area contributed by atoms with E-state index in [0.29, 0.717) is 18.6 Å². The lowest BCUT2D eigenvalue weighted by Gasteiger charge is -2.23. The van der Waals surface area contributed by atoms with Crippen LogP contribution < -0.4 is 5.32 Å². The lowest BCUT2D eigenvalue weighted by Crippen LogP contribution is -2.32. The van der Waals surface area contributed by atoms with Crippen LogP contribution in [0.4, 0.5) is 5.82 Å². The van der Waals surface area contributed by atoms with E-state index in [4.69, 9.17) is 0 Å². The van der Waals surface area contributed by atoms with E-state index in [-0.39, 0.29) is 5.91 Å². The Bertz CT molecular complexity index is 1360. The number of aryl methyl sites for hydroxylation is 1. The first-order chi connectivity index (χ1) is 16.7. The third-order valence-corrected chi connectivity index (χ3v) is 6.76. The summed E-state index contributed by atoms with van der Waals surface area (Å²) in [6, 6.07) is 23.4. The standard InChI is InChI=1S/C29H28N4O/c1-19-14-27-26(28(31-18-30-27)32-23-10-11-23)16-25(19)22-9-5-6-20(15-22)17-33(24-12-13-24)29(34)21-7-3-2-4-8-21/h2-9,14-16,18,23-24H,10-13,17H2,1H3,(H,30,31,32). The molecule has 0 bridgehead atoms. The number of anilines is 1. The van der Waals surface area contributed by atoms with E-state index in [2.05, 4.69) is 58.6 Å². The van der Waals surface area contributed by atoms with Gasteiger partial charge >= 0.3 is 0 Å². The number of nitrogens with one attached hydrogen (secondary N) is 1. The summed E-state index contributed by atoms with van der Waals surface area (Å²) < 4.78 is 0. The maximum Gasteiger partial charge on any atom is 0.254 e. The van der Waals surface area contributed by atoms with Crippen molar-refractivity contribution in [3.8, 4) is 11.1 Å². The van der Waals surface area contributed by atoms with Crippen molar-refractivity contribution in [1.82, 2.24) is 14.9 Å². The average Bonchev–Trinajstić information content (AvgIpc) is 3.78. The van der Waals surface area contributed by atoms with Gasteiger partial charge in [-0.2, -0.15) is 0 Å². The Morgan fingerprint density at radius 2 is 1.79 bits per heavy atom. The second-order valence-corrected chi connectivity index (χ2v) is 9.56. The number of carbonyl (C=O) groups is 1. The van der Waals surface area contributed by atoms with Crippen LogP contribution in [0.3, 0.4) is 0 Å². The van der Waals surface area contributed by atoms with Crippen LogP contribution in [0.2, 0.25) is 0 Å². The van der Waals surface area contributed by atoms with Gasteiger partial charge in [-0.1, -0.05) is 36.4 Å². The lowest BCUT2D eigenvalue weighted by molar-refractivity contribution is 0.0730. The van der Waals surface area contributed by atoms with Crippen molar-refractivity contribution in [3.05, 3.63) is 89.7 Å². The predicted octanol–water partition coefficient (Wildman–Crippen LogP) is 5.98. The smallest absolute Gasteiger partial charge is 0.254 e. The summed E-state index contributed by atoms with van der Waals surface area (Å²) in [4.78, 5) is 24.3. The molecule has 2 aliphatic carbocycles. The van der Waals surface area contributed by atoms with Crippen molar-refractivity contribution < 1.29 is 4.79 Å². The zero-order valence-electron chi connectivity index (χ0n) is 19.4. The summed E-state index contributed by atoms with van der Waals surface area (Å²) in [5.74, 6) is 1.03. The Morgan fingerprint density at radius 1 is 0.971 bits per heavy atom. The highest BCUT2D eigenvalue weighted by Crippen LogP contribution is 2.34. The molecule has 3 aromatic carbocycles. The summed E-state index contributed by atoms with van der Waals surface area (Å²) in [7, 11) is 0. The maximum atomic E-state index is 13.2. The van der Waals surface area contributed by atoms with E-state index in [1.807, 2.05) is 35.2 Å². The molecule has 0 spiro atoms. The Balaban J connectivity index is 1.32. The molecule has 2 fully saturated rings. The van der Waals surface area contributed by atoms with Gasteiger partial charge in [-0.25, -0.2) is 9.97 Å². The van der Waals surface area contributed by atoms with E-state index in [0.717, 1.165) is 46.3 Å². The molecule has 2 aliphatic rings. The van der Waals surface area contributed by atoms with E-state index in [1.54, 1.807) is 6.33 Å². The van der Waals surface area contributed by atoms with Gasteiger partial charge in [-0.15, -0.1) is 0 Å². The molecule has 5 heteroatoms. The largest absolute Gasteiger partial charge is 0.367 e. The molecule has 0 unspecified atom stereocenters. The van der Waals surface area contributed by atoms with Crippen LogP contribution in [0.15, 0.2) is 73.1 Å². The van der Waals surface area contributed by atoms with Crippen LogP contribution in [-0.2, 0) is 6.54 Å². The first-order valence-electron chi connectivity index (χ1n) is 12.1. The molecule has 1 amide bonds. The topological polar surface area (TPSA) is 58.1 Å². The molecule has 1 heterocycles. The number of carbonyl (C=O) groups excluding carboxylic acids is 1. The zero-order valence-corrected chi connectivity index (χ0v) is 19.4. The van der Waals surface area contributed by atoms with Crippen molar-refractivity contribution in [3.63, 3.8) is 0 Å². The second-order valence-electron chi connectivity index (χ2n) is 9.56. The number of aromatic nitrogens is 2. The monoisotopic (exact) mass is 448 g/mol. The molecule has 1 aromatic heterocycles. The van der Waals surface area contributed by atoms with Crippen molar-refractivity contribution in [1.29, 1.82) is 0 Å².